The van der Waals surface area contributed by atoms with Crippen LogP contribution in [0.15, 0.2) is 18.2 Å². The molecule has 0 unspecified atom stereocenters. The maximum atomic E-state index is 12.3. The first-order valence-electron chi connectivity index (χ1n) is 6.86. The highest BCUT2D eigenvalue weighted by molar-refractivity contribution is 6.31. The van der Waals surface area contributed by atoms with Crippen molar-refractivity contribution in [1.29, 1.82) is 0 Å². The van der Waals surface area contributed by atoms with E-state index in [0.29, 0.717) is 29.5 Å². The average Bonchev–Trinajstić information content (AvgIpc) is 2.51. The van der Waals surface area contributed by atoms with Gasteiger partial charge in [-0.25, -0.2) is 0 Å². The molecule has 0 spiro atoms. The molecule has 6 nitrogen and oxygen atoms in total. The number of halogens is 1. The molecular weight excluding hydrogens is 294 g/mol. The lowest BCUT2D eigenvalue weighted by molar-refractivity contribution is -0.132. The largest absolute Gasteiger partial charge is 0.482 e. The third kappa shape index (κ3) is 2.96. The van der Waals surface area contributed by atoms with Crippen LogP contribution in [0.5, 0.6) is 5.75 Å². The van der Waals surface area contributed by atoms with E-state index >= 15 is 0 Å². The Kier molecular flexibility index (Phi) is 3.98. The topological polar surface area (TPSA) is 61.9 Å². The van der Waals surface area contributed by atoms with E-state index in [2.05, 4.69) is 5.32 Å². The molecular formula is C14H16ClN3O3. The second kappa shape index (κ2) is 5.91. The van der Waals surface area contributed by atoms with Gasteiger partial charge in [-0.2, -0.15) is 0 Å². The van der Waals surface area contributed by atoms with Gasteiger partial charge in [0.25, 0.3) is 5.91 Å². The van der Waals surface area contributed by atoms with Gasteiger partial charge in [-0.1, -0.05) is 11.6 Å². The molecule has 0 saturated carbocycles. The zero-order chi connectivity index (χ0) is 14.8. The van der Waals surface area contributed by atoms with Crippen LogP contribution in [0.3, 0.4) is 0 Å². The molecule has 2 aliphatic rings. The van der Waals surface area contributed by atoms with Crippen molar-refractivity contribution in [2.45, 2.75) is 0 Å². The van der Waals surface area contributed by atoms with Gasteiger partial charge in [-0.3, -0.25) is 14.5 Å². The van der Waals surface area contributed by atoms with Crippen LogP contribution < -0.4 is 15.0 Å². The molecule has 0 atom stereocenters. The lowest BCUT2D eigenvalue weighted by Gasteiger charge is -2.33. The van der Waals surface area contributed by atoms with Crippen LogP contribution in [-0.4, -0.2) is 56.0 Å². The Hall–Kier alpha value is -1.79. The molecule has 1 aromatic rings. The molecule has 1 fully saturated rings. The van der Waals surface area contributed by atoms with Crippen LogP contribution >= 0.6 is 11.6 Å². The molecule has 0 radical (unpaired) electrons. The van der Waals surface area contributed by atoms with Crippen molar-refractivity contribution < 1.29 is 14.3 Å². The van der Waals surface area contributed by atoms with Crippen LogP contribution in [0.4, 0.5) is 5.69 Å². The van der Waals surface area contributed by atoms with Gasteiger partial charge >= 0.3 is 0 Å². The summed E-state index contributed by atoms with van der Waals surface area (Å²) in [5, 5.41) is 3.70. The summed E-state index contributed by atoms with van der Waals surface area (Å²) in [6, 6.07) is 5.07. The summed E-state index contributed by atoms with van der Waals surface area (Å²) in [6.07, 6.45) is 0. The maximum absolute atomic E-state index is 12.3. The zero-order valence-corrected chi connectivity index (χ0v) is 12.2. The monoisotopic (exact) mass is 309 g/mol. The van der Waals surface area contributed by atoms with Gasteiger partial charge < -0.3 is 15.0 Å². The van der Waals surface area contributed by atoms with Crippen molar-refractivity contribution in [3.63, 3.8) is 0 Å². The van der Waals surface area contributed by atoms with Gasteiger partial charge in [0.2, 0.25) is 5.91 Å². The molecule has 3 rings (SSSR count). The fourth-order valence-electron chi connectivity index (χ4n) is 2.50. The summed E-state index contributed by atoms with van der Waals surface area (Å²) in [5.74, 6) is 0.290. The van der Waals surface area contributed by atoms with Crippen LogP contribution in [-0.2, 0) is 9.59 Å². The van der Waals surface area contributed by atoms with Gasteiger partial charge in [-0.15, -0.1) is 0 Å². The molecule has 21 heavy (non-hydrogen) atoms. The standard InChI is InChI=1S/C14H16ClN3O3/c15-10-1-2-12-11(7-10)18(14(20)9-21-12)8-13(19)17-5-3-16-4-6-17/h1-2,7,16H,3-6,8-9H2. The second-order valence-electron chi connectivity index (χ2n) is 5.01. The van der Waals surface area contributed by atoms with Gasteiger partial charge in [0, 0.05) is 31.2 Å². The van der Waals surface area contributed by atoms with Crippen molar-refractivity contribution in [3.8, 4) is 5.75 Å². The number of fused-ring (bicyclic) bond motifs is 1. The van der Waals surface area contributed by atoms with Crippen LogP contribution in [0.25, 0.3) is 0 Å². The minimum atomic E-state index is -0.228. The molecule has 112 valence electrons. The van der Waals surface area contributed by atoms with Gasteiger partial charge in [0.15, 0.2) is 6.61 Å². The summed E-state index contributed by atoms with van der Waals surface area (Å²) >= 11 is 5.98. The number of rotatable bonds is 2. The smallest absolute Gasteiger partial charge is 0.265 e. The van der Waals surface area contributed by atoms with Crippen LogP contribution in [0, 0.1) is 0 Å². The number of nitrogens with zero attached hydrogens (tertiary/aromatic N) is 2. The van der Waals surface area contributed by atoms with Crippen molar-refractivity contribution >= 4 is 29.1 Å². The van der Waals surface area contributed by atoms with Crippen LogP contribution in [0.1, 0.15) is 0 Å². The number of benzene rings is 1. The number of piperazine rings is 1. The summed E-state index contributed by atoms with van der Waals surface area (Å²) in [5.41, 5.74) is 0.558. The van der Waals surface area contributed by atoms with Crippen molar-refractivity contribution in [2.75, 3.05) is 44.2 Å². The molecule has 2 amide bonds. The Balaban J connectivity index is 1.79. The summed E-state index contributed by atoms with van der Waals surface area (Å²) in [4.78, 5) is 27.6. The normalized spacial score (nSPS) is 18.2. The Morgan fingerprint density at radius 3 is 2.86 bits per heavy atom. The Labute approximate surface area is 127 Å². The predicted octanol–water partition coefficient (Wildman–Crippen LogP) is 0.497. The predicted molar refractivity (Wildman–Crippen MR) is 78.7 cm³/mol. The molecule has 1 saturated heterocycles. The molecule has 0 aromatic heterocycles. The van der Waals surface area contributed by atoms with Crippen molar-refractivity contribution in [1.82, 2.24) is 10.2 Å². The number of carbonyl (C=O) groups is 2. The van der Waals surface area contributed by atoms with E-state index in [1.165, 1.54) is 4.90 Å². The van der Waals surface area contributed by atoms with E-state index < -0.39 is 0 Å². The van der Waals surface area contributed by atoms with E-state index in [0.717, 1.165) is 13.1 Å². The SMILES string of the molecule is O=C(CN1C(=O)COc2ccc(Cl)cc21)N1CCNCC1. The molecule has 1 aromatic carbocycles. The molecule has 1 N–H and O–H groups in total. The first kappa shape index (κ1) is 14.2. The number of hydrogen-bond acceptors (Lipinski definition) is 4. The van der Waals surface area contributed by atoms with E-state index in [1.807, 2.05) is 0 Å². The summed E-state index contributed by atoms with van der Waals surface area (Å²) < 4.78 is 5.36. The average molecular weight is 310 g/mol. The van der Waals surface area contributed by atoms with Crippen LogP contribution in [0.2, 0.25) is 5.02 Å². The van der Waals surface area contributed by atoms with E-state index in [-0.39, 0.29) is 25.0 Å². The number of hydrogen-bond donors (Lipinski definition) is 1. The number of ether oxygens (including phenoxy) is 1. The Bertz CT molecular complexity index is 573. The molecule has 2 aliphatic heterocycles. The fraction of sp³-hybridized carbons (Fsp3) is 0.429. The Morgan fingerprint density at radius 2 is 2.10 bits per heavy atom. The quantitative estimate of drug-likeness (QED) is 0.864. The number of anilines is 1. The number of nitrogens with one attached hydrogen (secondary N) is 1. The molecule has 0 bridgehead atoms. The van der Waals surface area contributed by atoms with Gasteiger partial charge in [0.1, 0.15) is 12.3 Å². The summed E-state index contributed by atoms with van der Waals surface area (Å²) in [6.45, 7) is 2.87. The zero-order valence-electron chi connectivity index (χ0n) is 11.5. The maximum Gasteiger partial charge on any atom is 0.265 e. The van der Waals surface area contributed by atoms with E-state index in [1.54, 1.807) is 23.1 Å². The second-order valence-corrected chi connectivity index (χ2v) is 5.45. The van der Waals surface area contributed by atoms with Crippen molar-refractivity contribution in [3.05, 3.63) is 23.2 Å². The lowest BCUT2D eigenvalue weighted by atomic mass is 10.2. The highest BCUT2D eigenvalue weighted by Gasteiger charge is 2.29. The number of amides is 2. The molecule has 2 heterocycles. The lowest BCUT2D eigenvalue weighted by Crippen LogP contribution is -2.51. The van der Waals surface area contributed by atoms with E-state index in [9.17, 15) is 9.59 Å². The number of carbonyl (C=O) groups excluding carboxylic acids is 2. The first-order chi connectivity index (χ1) is 10.1. The summed E-state index contributed by atoms with van der Waals surface area (Å²) in [7, 11) is 0. The fourth-order valence-corrected chi connectivity index (χ4v) is 2.66. The van der Waals surface area contributed by atoms with Gasteiger partial charge in [0.05, 0.1) is 5.69 Å². The highest BCUT2D eigenvalue weighted by atomic mass is 35.5. The minimum absolute atomic E-state index is 0.0233. The molecule has 0 aliphatic carbocycles. The third-order valence-corrected chi connectivity index (χ3v) is 3.86. The highest BCUT2D eigenvalue weighted by Crippen LogP contribution is 2.34. The molecule has 7 heteroatoms. The Morgan fingerprint density at radius 1 is 1.33 bits per heavy atom. The third-order valence-electron chi connectivity index (χ3n) is 3.63. The first-order valence-corrected chi connectivity index (χ1v) is 7.24. The van der Waals surface area contributed by atoms with Gasteiger partial charge in [-0.05, 0) is 18.2 Å². The minimum Gasteiger partial charge on any atom is -0.482 e. The van der Waals surface area contributed by atoms with Crippen molar-refractivity contribution in [2.24, 2.45) is 0 Å². The van der Waals surface area contributed by atoms with E-state index in [4.69, 9.17) is 16.3 Å².